The minimum absolute atomic E-state index is 0.0570. The van der Waals surface area contributed by atoms with E-state index in [0.717, 1.165) is 12.1 Å². The molecule has 0 saturated heterocycles. The summed E-state index contributed by atoms with van der Waals surface area (Å²) in [5.41, 5.74) is 5.09. The summed E-state index contributed by atoms with van der Waals surface area (Å²) >= 11 is 0. The number of carbonyl (C=O) groups excluding carboxylic acids is 2. The van der Waals surface area contributed by atoms with Crippen molar-refractivity contribution in [1.29, 1.82) is 0 Å². The van der Waals surface area contributed by atoms with Gasteiger partial charge in [0.1, 0.15) is 11.5 Å². The number of hydrogen-bond acceptors (Lipinski definition) is 4. The zero-order valence-corrected chi connectivity index (χ0v) is 14.8. The molecule has 0 radical (unpaired) electrons. The molecule has 3 aromatic rings. The third-order valence-corrected chi connectivity index (χ3v) is 3.76. The first-order valence-electron chi connectivity index (χ1n) is 8.25. The van der Waals surface area contributed by atoms with Gasteiger partial charge in [-0.2, -0.15) is 18.3 Å². The van der Waals surface area contributed by atoms with E-state index in [0.29, 0.717) is 5.56 Å². The molecule has 2 heterocycles. The van der Waals surface area contributed by atoms with Gasteiger partial charge in [-0.15, -0.1) is 0 Å². The molecule has 0 fully saturated rings. The summed E-state index contributed by atoms with van der Waals surface area (Å²) in [5.74, 6) is -0.382. The van der Waals surface area contributed by atoms with Gasteiger partial charge in [-0.1, -0.05) is 12.1 Å². The van der Waals surface area contributed by atoms with Crippen molar-refractivity contribution in [3.63, 3.8) is 0 Å². The Morgan fingerprint density at radius 1 is 1.14 bits per heavy atom. The zero-order valence-electron chi connectivity index (χ0n) is 14.8. The second-order valence-corrected chi connectivity index (χ2v) is 5.92. The van der Waals surface area contributed by atoms with Gasteiger partial charge in [0.15, 0.2) is 0 Å². The molecule has 3 rings (SSSR count). The number of hydrogen-bond donors (Lipinski definition) is 3. The predicted octanol–water partition coefficient (Wildman–Crippen LogP) is 2.71. The van der Waals surface area contributed by atoms with Gasteiger partial charge in [0.25, 0.3) is 5.91 Å². The van der Waals surface area contributed by atoms with Gasteiger partial charge in [-0.05, 0) is 30.3 Å². The van der Waals surface area contributed by atoms with E-state index in [1.54, 1.807) is 0 Å². The lowest BCUT2D eigenvalue weighted by molar-refractivity contribution is -0.137. The smallest absolute Gasteiger partial charge is 0.351 e. The summed E-state index contributed by atoms with van der Waals surface area (Å²) in [7, 11) is 0. The Morgan fingerprint density at radius 3 is 2.62 bits per heavy atom. The fraction of sp³-hybridized carbons (Fsp3) is 0.111. The number of nitrogens with zero attached hydrogens (tertiary/aromatic N) is 3. The molecule has 0 spiro atoms. The molecular formula is C18H15F3N6O2. The molecule has 8 nitrogen and oxygen atoms in total. The van der Waals surface area contributed by atoms with Crippen LogP contribution in [-0.4, -0.2) is 26.7 Å². The summed E-state index contributed by atoms with van der Waals surface area (Å²) in [6.07, 6.45) is -1.52. The van der Waals surface area contributed by atoms with Crippen molar-refractivity contribution in [1.82, 2.24) is 20.1 Å². The topological polar surface area (TPSA) is 115 Å². The SMILES string of the molecule is NC(=O)Nc1cccc(C(=O)NCc2cnn(-c3cccc(C(F)(F)F)c3)c2)n1. The Balaban J connectivity index is 1.67. The highest BCUT2D eigenvalue weighted by Gasteiger charge is 2.30. The number of alkyl halides is 3. The Bertz CT molecular complexity index is 1050. The van der Waals surface area contributed by atoms with Crippen LogP contribution in [0.2, 0.25) is 0 Å². The van der Waals surface area contributed by atoms with Gasteiger partial charge < -0.3 is 11.1 Å². The Hall–Kier alpha value is -3.89. The number of amides is 3. The van der Waals surface area contributed by atoms with E-state index in [4.69, 9.17) is 5.73 Å². The maximum Gasteiger partial charge on any atom is 0.416 e. The molecule has 0 atom stereocenters. The van der Waals surface area contributed by atoms with Crippen LogP contribution in [0.5, 0.6) is 0 Å². The van der Waals surface area contributed by atoms with Crippen LogP contribution in [0.1, 0.15) is 21.6 Å². The van der Waals surface area contributed by atoms with E-state index in [1.807, 2.05) is 0 Å². The van der Waals surface area contributed by atoms with Gasteiger partial charge in [0, 0.05) is 18.3 Å². The van der Waals surface area contributed by atoms with E-state index in [9.17, 15) is 22.8 Å². The molecule has 150 valence electrons. The number of carbonyl (C=O) groups is 2. The van der Waals surface area contributed by atoms with Crippen LogP contribution >= 0.6 is 0 Å². The number of pyridine rings is 1. The summed E-state index contributed by atoms with van der Waals surface area (Å²) in [6, 6.07) is 8.38. The van der Waals surface area contributed by atoms with Crippen molar-refractivity contribution in [2.75, 3.05) is 5.32 Å². The van der Waals surface area contributed by atoms with Crippen LogP contribution in [0.4, 0.5) is 23.8 Å². The lowest BCUT2D eigenvalue weighted by Gasteiger charge is -2.08. The minimum Gasteiger partial charge on any atom is -0.351 e. The average molecular weight is 404 g/mol. The number of halogens is 3. The lowest BCUT2D eigenvalue weighted by atomic mass is 10.2. The van der Waals surface area contributed by atoms with E-state index in [-0.39, 0.29) is 23.7 Å². The summed E-state index contributed by atoms with van der Waals surface area (Å²) in [4.78, 5) is 27.0. The molecule has 0 saturated carbocycles. The van der Waals surface area contributed by atoms with E-state index in [1.165, 1.54) is 47.4 Å². The normalized spacial score (nSPS) is 11.1. The molecule has 11 heteroatoms. The number of nitrogens with one attached hydrogen (secondary N) is 2. The highest BCUT2D eigenvalue weighted by atomic mass is 19.4. The van der Waals surface area contributed by atoms with Crippen LogP contribution < -0.4 is 16.4 Å². The molecule has 1 aromatic carbocycles. The van der Waals surface area contributed by atoms with Crippen LogP contribution in [0.15, 0.2) is 54.9 Å². The van der Waals surface area contributed by atoms with Crippen molar-refractivity contribution in [2.24, 2.45) is 5.73 Å². The van der Waals surface area contributed by atoms with Crippen LogP contribution in [0.3, 0.4) is 0 Å². The van der Waals surface area contributed by atoms with E-state index < -0.39 is 23.7 Å². The molecule has 0 aliphatic heterocycles. The van der Waals surface area contributed by atoms with E-state index >= 15 is 0 Å². The van der Waals surface area contributed by atoms with Gasteiger partial charge in [0.2, 0.25) is 0 Å². The zero-order chi connectivity index (χ0) is 21.0. The molecule has 29 heavy (non-hydrogen) atoms. The van der Waals surface area contributed by atoms with Gasteiger partial charge >= 0.3 is 12.2 Å². The van der Waals surface area contributed by atoms with E-state index in [2.05, 4.69) is 20.7 Å². The summed E-state index contributed by atoms with van der Waals surface area (Å²) < 4.78 is 39.8. The molecule has 0 bridgehead atoms. The quantitative estimate of drug-likeness (QED) is 0.606. The van der Waals surface area contributed by atoms with Crippen molar-refractivity contribution >= 4 is 17.8 Å². The predicted molar refractivity (Wildman–Crippen MR) is 97.2 cm³/mol. The maximum atomic E-state index is 12.8. The highest BCUT2D eigenvalue weighted by molar-refractivity contribution is 5.93. The number of rotatable bonds is 5. The standard InChI is InChI=1S/C18H15F3N6O2/c19-18(20,21)12-3-1-4-13(7-12)27-10-11(9-24-27)8-23-16(28)14-5-2-6-15(25-14)26-17(22)29/h1-7,9-10H,8H2,(H,23,28)(H3,22,25,26,29). The Kier molecular flexibility index (Phi) is 5.48. The second-order valence-electron chi connectivity index (χ2n) is 5.92. The van der Waals surface area contributed by atoms with Crippen molar-refractivity contribution in [3.8, 4) is 5.69 Å². The maximum absolute atomic E-state index is 12.8. The molecular weight excluding hydrogens is 389 g/mol. The van der Waals surface area contributed by atoms with Gasteiger partial charge in [0.05, 0.1) is 17.4 Å². The van der Waals surface area contributed by atoms with Crippen LogP contribution in [-0.2, 0) is 12.7 Å². The van der Waals surface area contributed by atoms with Crippen molar-refractivity contribution in [3.05, 3.63) is 71.7 Å². The third-order valence-electron chi connectivity index (χ3n) is 3.76. The van der Waals surface area contributed by atoms with Crippen LogP contribution in [0.25, 0.3) is 5.69 Å². The lowest BCUT2D eigenvalue weighted by Crippen LogP contribution is -2.25. The fourth-order valence-electron chi connectivity index (χ4n) is 2.45. The summed E-state index contributed by atoms with van der Waals surface area (Å²) in [6.45, 7) is 0.0763. The highest BCUT2D eigenvalue weighted by Crippen LogP contribution is 2.30. The Morgan fingerprint density at radius 2 is 1.90 bits per heavy atom. The van der Waals surface area contributed by atoms with Crippen molar-refractivity contribution < 1.29 is 22.8 Å². The first-order valence-corrected chi connectivity index (χ1v) is 8.25. The van der Waals surface area contributed by atoms with Crippen LogP contribution in [0, 0.1) is 0 Å². The first kappa shape index (κ1) is 19.9. The molecule has 0 aliphatic rings. The Labute approximate surface area is 162 Å². The molecule has 3 amide bonds. The number of aromatic nitrogens is 3. The fourth-order valence-corrected chi connectivity index (χ4v) is 2.45. The number of primary amides is 1. The number of urea groups is 1. The second kappa shape index (κ2) is 8.00. The number of anilines is 1. The first-order chi connectivity index (χ1) is 13.7. The largest absolute Gasteiger partial charge is 0.416 e. The van der Waals surface area contributed by atoms with Gasteiger partial charge in [-0.25, -0.2) is 14.5 Å². The molecule has 0 aliphatic carbocycles. The summed E-state index contributed by atoms with van der Waals surface area (Å²) in [5, 5.41) is 8.91. The van der Waals surface area contributed by atoms with Crippen molar-refractivity contribution in [2.45, 2.75) is 12.7 Å². The number of nitrogens with two attached hydrogens (primary N) is 1. The number of benzene rings is 1. The monoisotopic (exact) mass is 404 g/mol. The third kappa shape index (κ3) is 5.09. The molecule has 4 N–H and O–H groups in total. The molecule has 2 aromatic heterocycles. The average Bonchev–Trinajstić information content (AvgIpc) is 3.14. The van der Waals surface area contributed by atoms with Gasteiger partial charge in [-0.3, -0.25) is 10.1 Å². The minimum atomic E-state index is -4.45. The molecule has 0 unspecified atom stereocenters.